The molecule has 4 rings (SSSR count). The molecule has 1 aliphatic rings. The highest BCUT2D eigenvalue weighted by Crippen LogP contribution is 2.33. The van der Waals surface area contributed by atoms with Gasteiger partial charge in [-0.3, -0.25) is 9.59 Å². The fourth-order valence-corrected chi connectivity index (χ4v) is 4.79. The lowest BCUT2D eigenvalue weighted by Gasteiger charge is -2.19. The number of aryl methyl sites for hydroxylation is 1. The molecule has 1 aromatic heterocycles. The zero-order valence-electron chi connectivity index (χ0n) is 23.1. The molecular formula is C30H37N3O6. The average Bonchev–Trinajstić information content (AvgIpc) is 3.53. The number of phenols is 2. The molecule has 208 valence electrons. The number of furan rings is 1. The molecule has 3 aromatic rings. The van der Waals surface area contributed by atoms with Crippen LogP contribution in [0.4, 0.5) is 0 Å². The summed E-state index contributed by atoms with van der Waals surface area (Å²) >= 11 is 0. The minimum Gasteiger partial charge on any atom is -0.507 e. The second-order valence-corrected chi connectivity index (χ2v) is 9.88. The largest absolute Gasteiger partial charge is 0.507 e. The number of benzene rings is 2. The fraction of sp³-hybridized carbons (Fsp3) is 0.400. The topological polar surface area (TPSA) is 107 Å². The van der Waals surface area contributed by atoms with E-state index in [0.717, 1.165) is 54.8 Å². The standard InChI is InChI=1S/C30H37N3O6/c1-5-32(6-2)12-7-13-38-23-11-9-21-17-33(18-22(21)14-23)30(37)26-15-25(27(34)16-28(26)35)29(36)31(4)19-24-10-8-20(3)39-24/h8-11,14-16,34-35H,5-7,12-13,17-19H2,1-4H3. The molecule has 0 spiro atoms. The molecule has 0 bridgehead atoms. The maximum Gasteiger partial charge on any atom is 0.258 e. The first kappa shape index (κ1) is 28.0. The van der Waals surface area contributed by atoms with Gasteiger partial charge in [0.1, 0.15) is 28.8 Å². The van der Waals surface area contributed by atoms with Crippen LogP contribution < -0.4 is 4.74 Å². The molecule has 0 atom stereocenters. The van der Waals surface area contributed by atoms with Crippen LogP contribution in [0.5, 0.6) is 17.2 Å². The van der Waals surface area contributed by atoms with Crippen LogP contribution in [-0.2, 0) is 19.6 Å². The Hall–Kier alpha value is -3.98. The SMILES string of the molecule is CCN(CC)CCCOc1ccc2c(c1)CN(C(=O)c1cc(C(=O)N(C)Cc3ccc(C)o3)c(O)cc1O)C2. The predicted molar refractivity (Wildman–Crippen MR) is 147 cm³/mol. The van der Waals surface area contributed by atoms with E-state index in [-0.39, 0.29) is 23.4 Å². The lowest BCUT2D eigenvalue weighted by Crippen LogP contribution is -2.28. The molecule has 9 heteroatoms. The molecule has 0 saturated carbocycles. The number of rotatable bonds is 11. The quantitative estimate of drug-likeness (QED) is 0.347. The molecule has 0 unspecified atom stereocenters. The first-order valence-electron chi connectivity index (χ1n) is 13.3. The van der Waals surface area contributed by atoms with Crippen LogP contribution in [0.1, 0.15) is 63.6 Å². The first-order chi connectivity index (χ1) is 18.7. The van der Waals surface area contributed by atoms with Gasteiger partial charge in [-0.25, -0.2) is 0 Å². The number of phenolic OH excluding ortho intramolecular Hbond substituents is 2. The molecule has 2 heterocycles. The van der Waals surface area contributed by atoms with Crippen molar-refractivity contribution in [1.82, 2.24) is 14.7 Å². The Morgan fingerprint density at radius 1 is 0.974 bits per heavy atom. The molecule has 9 nitrogen and oxygen atoms in total. The third-order valence-electron chi connectivity index (χ3n) is 7.08. The van der Waals surface area contributed by atoms with Gasteiger partial charge in [0.15, 0.2) is 0 Å². The van der Waals surface area contributed by atoms with E-state index in [9.17, 15) is 19.8 Å². The average molecular weight is 536 g/mol. The van der Waals surface area contributed by atoms with E-state index in [2.05, 4.69) is 18.7 Å². The van der Waals surface area contributed by atoms with Crippen molar-refractivity contribution in [3.05, 3.63) is 76.2 Å². The molecule has 0 aliphatic carbocycles. The summed E-state index contributed by atoms with van der Waals surface area (Å²) in [4.78, 5) is 31.8. The van der Waals surface area contributed by atoms with Crippen LogP contribution in [0.3, 0.4) is 0 Å². The van der Waals surface area contributed by atoms with Gasteiger partial charge in [0.05, 0.1) is 24.3 Å². The maximum atomic E-state index is 13.4. The normalized spacial score (nSPS) is 12.6. The van der Waals surface area contributed by atoms with Crippen LogP contribution in [-0.4, -0.2) is 70.0 Å². The van der Waals surface area contributed by atoms with Crippen LogP contribution in [0, 0.1) is 6.92 Å². The van der Waals surface area contributed by atoms with Crippen molar-refractivity contribution in [1.29, 1.82) is 0 Å². The van der Waals surface area contributed by atoms with Gasteiger partial charge in [-0.15, -0.1) is 0 Å². The van der Waals surface area contributed by atoms with Gasteiger partial charge in [-0.05, 0) is 67.9 Å². The number of carbonyl (C=O) groups is 2. The number of aromatic hydroxyl groups is 2. The van der Waals surface area contributed by atoms with E-state index in [4.69, 9.17) is 9.15 Å². The van der Waals surface area contributed by atoms with Crippen LogP contribution in [0.2, 0.25) is 0 Å². The minimum absolute atomic E-state index is 0.0425. The van der Waals surface area contributed by atoms with Gasteiger partial charge < -0.3 is 34.1 Å². The van der Waals surface area contributed by atoms with E-state index in [1.165, 1.54) is 11.0 Å². The Morgan fingerprint density at radius 2 is 1.69 bits per heavy atom. The number of amides is 2. The van der Waals surface area contributed by atoms with Gasteiger partial charge in [-0.2, -0.15) is 0 Å². The van der Waals surface area contributed by atoms with Crippen molar-refractivity contribution in [3.8, 4) is 17.2 Å². The lowest BCUT2D eigenvalue weighted by molar-refractivity contribution is 0.0748. The number of fused-ring (bicyclic) bond motifs is 1. The predicted octanol–water partition coefficient (Wildman–Crippen LogP) is 4.54. The van der Waals surface area contributed by atoms with Gasteiger partial charge in [0, 0.05) is 32.7 Å². The summed E-state index contributed by atoms with van der Waals surface area (Å²) in [5.74, 6) is 0.381. The summed E-state index contributed by atoms with van der Waals surface area (Å²) in [7, 11) is 1.58. The first-order valence-corrected chi connectivity index (χ1v) is 13.3. The molecular weight excluding hydrogens is 498 g/mol. The summed E-state index contributed by atoms with van der Waals surface area (Å²) < 4.78 is 11.5. The van der Waals surface area contributed by atoms with Crippen molar-refractivity contribution >= 4 is 11.8 Å². The van der Waals surface area contributed by atoms with Gasteiger partial charge in [-0.1, -0.05) is 19.9 Å². The van der Waals surface area contributed by atoms with E-state index >= 15 is 0 Å². The van der Waals surface area contributed by atoms with E-state index < -0.39 is 17.6 Å². The Morgan fingerprint density at radius 3 is 2.38 bits per heavy atom. The monoisotopic (exact) mass is 535 g/mol. The lowest BCUT2D eigenvalue weighted by atomic mass is 10.1. The van der Waals surface area contributed by atoms with Gasteiger partial charge >= 0.3 is 0 Å². The summed E-state index contributed by atoms with van der Waals surface area (Å²) in [6, 6.07) is 11.7. The highest BCUT2D eigenvalue weighted by Gasteiger charge is 2.29. The van der Waals surface area contributed by atoms with Crippen molar-refractivity contribution in [3.63, 3.8) is 0 Å². The Kier molecular flexibility index (Phi) is 8.81. The van der Waals surface area contributed by atoms with Crippen molar-refractivity contribution in [2.24, 2.45) is 0 Å². The van der Waals surface area contributed by atoms with Gasteiger partial charge in [0.25, 0.3) is 11.8 Å². The molecule has 2 amide bonds. The Balaban J connectivity index is 1.42. The molecule has 2 aromatic carbocycles. The zero-order valence-corrected chi connectivity index (χ0v) is 23.1. The molecule has 2 N–H and O–H groups in total. The number of nitrogens with zero attached hydrogens (tertiary/aromatic N) is 3. The third-order valence-corrected chi connectivity index (χ3v) is 7.08. The molecule has 39 heavy (non-hydrogen) atoms. The number of carbonyl (C=O) groups excluding carboxylic acids is 2. The van der Waals surface area contributed by atoms with E-state index in [0.29, 0.717) is 25.5 Å². The summed E-state index contributed by atoms with van der Waals surface area (Å²) in [6.45, 7) is 10.7. The molecule has 0 fully saturated rings. The zero-order chi connectivity index (χ0) is 28.1. The van der Waals surface area contributed by atoms with Crippen molar-refractivity contribution in [2.75, 3.05) is 33.3 Å². The molecule has 0 saturated heterocycles. The summed E-state index contributed by atoms with van der Waals surface area (Å²) in [5.41, 5.74) is 1.87. The summed E-state index contributed by atoms with van der Waals surface area (Å²) in [5, 5.41) is 20.9. The number of hydrogen-bond donors (Lipinski definition) is 2. The van der Waals surface area contributed by atoms with Crippen LogP contribution in [0.15, 0.2) is 46.9 Å². The second-order valence-electron chi connectivity index (χ2n) is 9.88. The fourth-order valence-electron chi connectivity index (χ4n) is 4.79. The van der Waals surface area contributed by atoms with E-state index in [1.807, 2.05) is 25.1 Å². The van der Waals surface area contributed by atoms with Crippen LogP contribution in [0.25, 0.3) is 0 Å². The third kappa shape index (κ3) is 6.54. The van der Waals surface area contributed by atoms with Gasteiger partial charge in [0.2, 0.25) is 0 Å². The van der Waals surface area contributed by atoms with E-state index in [1.54, 1.807) is 24.1 Å². The maximum absolute atomic E-state index is 13.4. The highest BCUT2D eigenvalue weighted by molar-refractivity contribution is 6.03. The molecule has 1 aliphatic heterocycles. The second kappa shape index (κ2) is 12.3. The number of hydrogen-bond acceptors (Lipinski definition) is 7. The summed E-state index contributed by atoms with van der Waals surface area (Å²) in [6.07, 6.45) is 0.931. The highest BCUT2D eigenvalue weighted by atomic mass is 16.5. The number of ether oxygens (including phenoxy) is 1. The van der Waals surface area contributed by atoms with Crippen LogP contribution >= 0.6 is 0 Å². The van der Waals surface area contributed by atoms with Crippen molar-refractivity contribution in [2.45, 2.75) is 46.8 Å². The molecule has 0 radical (unpaired) electrons. The smallest absolute Gasteiger partial charge is 0.258 e. The minimum atomic E-state index is -0.497. The van der Waals surface area contributed by atoms with Crippen molar-refractivity contribution < 1.29 is 29.0 Å². The Labute approximate surface area is 229 Å². The Bertz CT molecular complexity index is 1330.